The van der Waals surface area contributed by atoms with Gasteiger partial charge >= 0.3 is 5.97 Å². The second-order valence-electron chi connectivity index (χ2n) is 4.03. The fraction of sp³-hybridized carbons (Fsp3) is 0.231. The van der Waals surface area contributed by atoms with E-state index >= 15 is 0 Å². The van der Waals surface area contributed by atoms with Gasteiger partial charge in [0.1, 0.15) is 0 Å². The van der Waals surface area contributed by atoms with Crippen molar-refractivity contribution >= 4 is 33.6 Å². The van der Waals surface area contributed by atoms with Crippen LogP contribution in [0.15, 0.2) is 34.9 Å². The molecule has 0 saturated carbocycles. The fourth-order valence-corrected chi connectivity index (χ4v) is 1.97. The van der Waals surface area contributed by atoms with Crippen LogP contribution < -0.4 is 5.32 Å². The number of nitrogens with one attached hydrogen (secondary N) is 1. The number of rotatable bonds is 5. The molecule has 7 nitrogen and oxygen atoms in total. The molecule has 0 radical (unpaired) electrons. The van der Waals surface area contributed by atoms with Gasteiger partial charge < -0.3 is 10.1 Å². The van der Waals surface area contributed by atoms with Gasteiger partial charge in [0.05, 0.1) is 12.8 Å². The highest BCUT2D eigenvalue weighted by Crippen LogP contribution is 2.13. The highest BCUT2D eigenvalue weighted by molar-refractivity contribution is 9.10. The summed E-state index contributed by atoms with van der Waals surface area (Å²) in [6.07, 6.45) is 1.37. The molecule has 2 aromatic rings. The van der Waals surface area contributed by atoms with Crippen LogP contribution in [0.4, 0.5) is 5.82 Å². The second-order valence-corrected chi connectivity index (χ2v) is 4.95. The van der Waals surface area contributed by atoms with Crippen molar-refractivity contribution in [3.05, 3.63) is 40.5 Å². The van der Waals surface area contributed by atoms with Crippen LogP contribution >= 0.6 is 15.9 Å². The van der Waals surface area contributed by atoms with Crippen molar-refractivity contribution in [2.75, 3.05) is 11.9 Å². The predicted octanol–water partition coefficient (Wildman–Crippen LogP) is 1.86. The number of carbonyl (C=O) groups is 2. The molecule has 1 amide bonds. The lowest BCUT2D eigenvalue weighted by molar-refractivity contribution is -0.144. The van der Waals surface area contributed by atoms with E-state index in [-0.39, 0.29) is 18.3 Å². The average Bonchev–Trinajstić information content (AvgIpc) is 2.86. The topological polar surface area (TPSA) is 86.1 Å². The first-order chi connectivity index (χ1) is 10.1. The molecule has 110 valence electrons. The number of benzene rings is 1. The van der Waals surface area contributed by atoms with Gasteiger partial charge in [-0.25, -0.2) is 4.79 Å². The maximum Gasteiger partial charge on any atom is 0.329 e. The van der Waals surface area contributed by atoms with E-state index in [0.717, 1.165) is 9.27 Å². The molecule has 0 aliphatic heterocycles. The Morgan fingerprint density at radius 3 is 2.95 bits per heavy atom. The lowest BCUT2D eigenvalue weighted by atomic mass is 10.2. The monoisotopic (exact) mass is 352 g/mol. The number of hydrogen-bond donors (Lipinski definition) is 1. The van der Waals surface area contributed by atoms with Crippen molar-refractivity contribution in [2.24, 2.45) is 0 Å². The summed E-state index contributed by atoms with van der Waals surface area (Å²) in [6, 6.07) is 6.96. The van der Waals surface area contributed by atoms with E-state index in [9.17, 15) is 9.59 Å². The smallest absolute Gasteiger partial charge is 0.329 e. The molecule has 0 aliphatic rings. The molecule has 0 fully saturated rings. The van der Waals surface area contributed by atoms with Crippen LogP contribution in [0.1, 0.15) is 17.3 Å². The summed E-state index contributed by atoms with van der Waals surface area (Å²) in [5.41, 5.74) is 0.490. The third-order valence-corrected chi connectivity index (χ3v) is 2.93. The Hall–Kier alpha value is -2.22. The van der Waals surface area contributed by atoms with Gasteiger partial charge in [0, 0.05) is 10.0 Å². The molecule has 1 aromatic heterocycles. The highest BCUT2D eigenvalue weighted by Gasteiger charge is 2.10. The van der Waals surface area contributed by atoms with Crippen molar-refractivity contribution < 1.29 is 14.3 Å². The Labute approximate surface area is 129 Å². The minimum atomic E-state index is -0.432. The van der Waals surface area contributed by atoms with Gasteiger partial charge in [-0.3, -0.25) is 4.79 Å². The molecule has 0 atom stereocenters. The van der Waals surface area contributed by atoms with Crippen LogP contribution in [-0.2, 0) is 16.1 Å². The Morgan fingerprint density at radius 2 is 2.24 bits per heavy atom. The zero-order valence-corrected chi connectivity index (χ0v) is 12.8. The molecule has 0 unspecified atom stereocenters. The third-order valence-electron chi connectivity index (χ3n) is 2.44. The number of ether oxygens (including phenoxy) is 1. The number of nitrogens with zero attached hydrogens (tertiary/aromatic N) is 3. The van der Waals surface area contributed by atoms with E-state index in [2.05, 4.69) is 31.4 Å². The van der Waals surface area contributed by atoms with Crippen molar-refractivity contribution in [1.82, 2.24) is 15.0 Å². The molecule has 0 bridgehead atoms. The molecule has 0 saturated heterocycles. The van der Waals surface area contributed by atoms with Crippen molar-refractivity contribution in [3.8, 4) is 0 Å². The van der Waals surface area contributed by atoms with Gasteiger partial charge in [-0.05, 0) is 25.1 Å². The van der Waals surface area contributed by atoms with Crippen LogP contribution in [0, 0.1) is 0 Å². The Balaban J connectivity index is 1.99. The Kier molecular flexibility index (Phi) is 5.04. The first-order valence-electron chi connectivity index (χ1n) is 6.21. The maximum atomic E-state index is 12.0. The number of halogens is 1. The standard InChI is InChI=1S/C13H13BrN4O3/c1-2-21-12(19)8-18-15-7-11(17-18)16-13(20)9-4-3-5-10(14)6-9/h3-7H,2,8H2,1H3,(H,16,17,20). The van der Waals surface area contributed by atoms with E-state index in [4.69, 9.17) is 4.74 Å². The van der Waals surface area contributed by atoms with Crippen molar-refractivity contribution in [1.29, 1.82) is 0 Å². The molecule has 1 aromatic carbocycles. The van der Waals surface area contributed by atoms with Crippen LogP contribution in [0.25, 0.3) is 0 Å². The molecular formula is C13H13BrN4O3. The third kappa shape index (κ3) is 4.38. The number of anilines is 1. The first kappa shape index (κ1) is 15.2. The van der Waals surface area contributed by atoms with Crippen molar-refractivity contribution in [2.45, 2.75) is 13.5 Å². The number of carbonyl (C=O) groups excluding carboxylic acids is 2. The van der Waals surface area contributed by atoms with Gasteiger partial charge in [0.2, 0.25) is 0 Å². The molecule has 0 aliphatic carbocycles. The molecule has 0 spiro atoms. The minimum Gasteiger partial charge on any atom is -0.465 e. The van der Waals surface area contributed by atoms with Gasteiger partial charge in [0.15, 0.2) is 12.4 Å². The SMILES string of the molecule is CCOC(=O)Cn1ncc(NC(=O)c2cccc(Br)c2)n1. The van der Waals surface area contributed by atoms with Gasteiger partial charge in [-0.1, -0.05) is 22.0 Å². The number of hydrogen-bond acceptors (Lipinski definition) is 5. The zero-order chi connectivity index (χ0) is 15.2. The van der Waals surface area contributed by atoms with Crippen LogP contribution in [0.5, 0.6) is 0 Å². The van der Waals surface area contributed by atoms with E-state index in [1.807, 2.05) is 6.07 Å². The van der Waals surface area contributed by atoms with Crippen molar-refractivity contribution in [3.63, 3.8) is 0 Å². The minimum absolute atomic E-state index is 0.0966. The van der Waals surface area contributed by atoms with E-state index in [0.29, 0.717) is 12.2 Å². The first-order valence-corrected chi connectivity index (χ1v) is 7.00. The quantitative estimate of drug-likeness (QED) is 0.830. The van der Waals surface area contributed by atoms with Crippen LogP contribution in [0.3, 0.4) is 0 Å². The normalized spacial score (nSPS) is 10.2. The van der Waals surface area contributed by atoms with Gasteiger partial charge in [0.25, 0.3) is 5.91 Å². The summed E-state index contributed by atoms with van der Waals surface area (Å²) < 4.78 is 5.59. The number of esters is 1. The largest absolute Gasteiger partial charge is 0.465 e. The maximum absolute atomic E-state index is 12.0. The second kappa shape index (κ2) is 6.98. The van der Waals surface area contributed by atoms with E-state index in [1.165, 1.54) is 6.20 Å². The van der Waals surface area contributed by atoms with E-state index in [1.54, 1.807) is 25.1 Å². The average molecular weight is 353 g/mol. The molecular weight excluding hydrogens is 340 g/mol. The highest BCUT2D eigenvalue weighted by atomic mass is 79.9. The summed E-state index contributed by atoms with van der Waals surface area (Å²) in [6.45, 7) is 1.92. The Morgan fingerprint density at radius 1 is 1.43 bits per heavy atom. The lowest BCUT2D eigenvalue weighted by Gasteiger charge is -2.02. The van der Waals surface area contributed by atoms with Gasteiger partial charge in [-0.15, -0.1) is 5.10 Å². The summed E-state index contributed by atoms with van der Waals surface area (Å²) in [7, 11) is 0. The molecule has 1 N–H and O–H groups in total. The fourth-order valence-electron chi connectivity index (χ4n) is 1.57. The summed E-state index contributed by atoms with van der Waals surface area (Å²) in [5.74, 6) is -0.471. The number of aromatic nitrogens is 3. The summed E-state index contributed by atoms with van der Waals surface area (Å²) in [4.78, 5) is 24.4. The van der Waals surface area contributed by atoms with Gasteiger partial charge in [-0.2, -0.15) is 9.90 Å². The Bertz CT molecular complexity index is 656. The van der Waals surface area contributed by atoms with Crippen LogP contribution in [0.2, 0.25) is 0 Å². The summed E-state index contributed by atoms with van der Waals surface area (Å²) >= 11 is 3.30. The van der Waals surface area contributed by atoms with Crippen LogP contribution in [-0.4, -0.2) is 33.5 Å². The number of amides is 1. The molecule has 8 heteroatoms. The zero-order valence-electron chi connectivity index (χ0n) is 11.2. The predicted molar refractivity (Wildman–Crippen MR) is 78.8 cm³/mol. The summed E-state index contributed by atoms with van der Waals surface area (Å²) in [5, 5.41) is 10.5. The molecule has 2 rings (SSSR count). The molecule has 1 heterocycles. The van der Waals surface area contributed by atoms with E-state index < -0.39 is 5.97 Å². The molecule has 21 heavy (non-hydrogen) atoms. The lowest BCUT2D eigenvalue weighted by Crippen LogP contribution is -2.16.